The number of fused-ring (bicyclic) bond motifs is 1. The Balaban J connectivity index is 1.77. The molecule has 1 fully saturated rings. The van der Waals surface area contributed by atoms with Crippen molar-refractivity contribution in [3.8, 4) is 0 Å². The molecule has 7 nitrogen and oxygen atoms in total. The van der Waals surface area contributed by atoms with Crippen LogP contribution in [0.25, 0.3) is 0 Å². The van der Waals surface area contributed by atoms with Crippen molar-refractivity contribution in [2.45, 2.75) is 51.6 Å². The van der Waals surface area contributed by atoms with Gasteiger partial charge in [0.05, 0.1) is 5.56 Å². The smallest absolute Gasteiger partial charge is 0.410 e. The van der Waals surface area contributed by atoms with Crippen molar-refractivity contribution in [2.24, 2.45) is 0 Å². The molecule has 1 N–H and O–H groups in total. The lowest BCUT2D eigenvalue weighted by atomic mass is 10.1. The number of aromatic amines is 1. The first kappa shape index (κ1) is 16.8. The summed E-state index contributed by atoms with van der Waals surface area (Å²) >= 11 is 0. The van der Waals surface area contributed by atoms with Crippen molar-refractivity contribution in [1.29, 1.82) is 0 Å². The molecule has 1 aromatic heterocycles. The maximum atomic E-state index is 12.4. The molecule has 0 radical (unpaired) electrons. The average molecular weight is 334 g/mol. The zero-order valence-corrected chi connectivity index (χ0v) is 14.9. The number of ether oxygens (including phenoxy) is 1. The fourth-order valence-corrected chi connectivity index (χ4v) is 3.31. The zero-order chi connectivity index (χ0) is 17.5. The molecule has 132 valence electrons. The van der Waals surface area contributed by atoms with E-state index in [0.29, 0.717) is 18.9 Å². The van der Waals surface area contributed by atoms with E-state index in [1.54, 1.807) is 4.90 Å². The number of carbonyl (C=O) groups is 1. The van der Waals surface area contributed by atoms with Crippen LogP contribution in [-0.2, 0) is 11.2 Å². The highest BCUT2D eigenvalue weighted by molar-refractivity contribution is 5.68. The summed E-state index contributed by atoms with van der Waals surface area (Å²) in [7, 11) is 1.97. The predicted octanol–water partition coefficient (Wildman–Crippen LogP) is 1.88. The molecule has 24 heavy (non-hydrogen) atoms. The fraction of sp³-hybridized carbons (Fsp3) is 0.706. The summed E-state index contributed by atoms with van der Waals surface area (Å²) in [6, 6.07) is 0. The minimum atomic E-state index is -0.504. The van der Waals surface area contributed by atoms with Gasteiger partial charge in [-0.05, 0) is 40.0 Å². The lowest BCUT2D eigenvalue weighted by Gasteiger charge is -2.26. The second kappa shape index (κ2) is 6.11. The van der Waals surface area contributed by atoms with E-state index in [1.807, 2.05) is 32.7 Å². The van der Waals surface area contributed by atoms with Gasteiger partial charge in [-0.1, -0.05) is 0 Å². The number of nitrogens with one attached hydrogen (secondary N) is 1. The Morgan fingerprint density at radius 2 is 2.08 bits per heavy atom. The Hall–Kier alpha value is -2.05. The van der Waals surface area contributed by atoms with Gasteiger partial charge in [0.2, 0.25) is 0 Å². The molecule has 0 bridgehead atoms. The van der Waals surface area contributed by atoms with Gasteiger partial charge in [-0.25, -0.2) is 9.78 Å². The topological polar surface area (TPSA) is 78.5 Å². The second-order valence-electron chi connectivity index (χ2n) is 7.69. The van der Waals surface area contributed by atoms with Crippen LogP contribution in [0.15, 0.2) is 4.79 Å². The number of likely N-dealkylation sites (tertiary alicyclic amines) is 1. The molecule has 1 unspecified atom stereocenters. The van der Waals surface area contributed by atoms with E-state index >= 15 is 0 Å². The monoisotopic (exact) mass is 334 g/mol. The first-order valence-corrected chi connectivity index (χ1v) is 8.57. The maximum Gasteiger partial charge on any atom is 0.410 e. The summed E-state index contributed by atoms with van der Waals surface area (Å²) in [5.74, 6) is 1.51. The quantitative estimate of drug-likeness (QED) is 0.848. The predicted molar refractivity (Wildman–Crippen MR) is 91.6 cm³/mol. The van der Waals surface area contributed by atoms with Gasteiger partial charge >= 0.3 is 6.09 Å². The van der Waals surface area contributed by atoms with E-state index in [9.17, 15) is 9.59 Å². The van der Waals surface area contributed by atoms with Crippen molar-refractivity contribution in [3.63, 3.8) is 0 Å². The van der Waals surface area contributed by atoms with Gasteiger partial charge < -0.3 is 19.5 Å². The minimum Gasteiger partial charge on any atom is -0.444 e. The molecule has 3 rings (SSSR count). The van der Waals surface area contributed by atoms with Crippen LogP contribution in [0.1, 0.15) is 50.9 Å². The third kappa shape index (κ3) is 3.39. The van der Waals surface area contributed by atoms with Crippen molar-refractivity contribution in [1.82, 2.24) is 14.9 Å². The lowest BCUT2D eigenvalue weighted by molar-refractivity contribution is 0.0292. The standard InChI is InChI=1S/C17H26N4O3/c1-17(2,3)24-16(23)21-9-7-11(10-21)13-18-14-12(15(22)19-13)6-5-8-20(14)4/h11H,5-10H2,1-4H3,(H,18,19,22). The average Bonchev–Trinajstić information content (AvgIpc) is 2.96. The Kier molecular flexibility index (Phi) is 4.27. The van der Waals surface area contributed by atoms with Gasteiger partial charge in [-0.3, -0.25) is 4.79 Å². The molecule has 0 aromatic carbocycles. The highest BCUT2D eigenvalue weighted by Gasteiger charge is 2.32. The third-order valence-electron chi connectivity index (χ3n) is 4.52. The number of rotatable bonds is 1. The van der Waals surface area contributed by atoms with E-state index in [4.69, 9.17) is 9.72 Å². The number of nitrogens with zero attached hydrogens (tertiary/aromatic N) is 3. The molecular formula is C17H26N4O3. The van der Waals surface area contributed by atoms with Crippen molar-refractivity contribution in [2.75, 3.05) is 31.6 Å². The van der Waals surface area contributed by atoms with Crippen LogP contribution in [0, 0.1) is 0 Å². The summed E-state index contributed by atoms with van der Waals surface area (Å²) in [5, 5.41) is 0. The van der Waals surface area contributed by atoms with Crippen molar-refractivity contribution >= 4 is 11.9 Å². The number of hydrogen-bond acceptors (Lipinski definition) is 5. The van der Waals surface area contributed by atoms with Gasteiger partial charge in [0.15, 0.2) is 0 Å². The summed E-state index contributed by atoms with van der Waals surface area (Å²) in [5.41, 5.74) is 0.225. The molecule has 7 heteroatoms. The first-order chi connectivity index (χ1) is 11.2. The van der Waals surface area contributed by atoms with E-state index in [-0.39, 0.29) is 17.6 Å². The second-order valence-corrected chi connectivity index (χ2v) is 7.69. The molecule has 0 saturated carbocycles. The SMILES string of the molecule is CN1CCCc2c1nc(C1CCN(C(=O)OC(C)(C)C)C1)[nH]c2=O. The molecule has 2 aliphatic rings. The van der Waals surface area contributed by atoms with Gasteiger partial charge in [0.25, 0.3) is 5.56 Å². The Morgan fingerprint density at radius 1 is 1.33 bits per heavy atom. The van der Waals surface area contributed by atoms with Crippen LogP contribution >= 0.6 is 0 Å². The van der Waals surface area contributed by atoms with Crippen molar-refractivity contribution < 1.29 is 9.53 Å². The van der Waals surface area contributed by atoms with E-state index in [0.717, 1.165) is 37.2 Å². The molecule has 1 saturated heterocycles. The molecular weight excluding hydrogens is 308 g/mol. The van der Waals surface area contributed by atoms with Crippen LogP contribution in [0.3, 0.4) is 0 Å². The third-order valence-corrected chi connectivity index (χ3v) is 4.52. The molecule has 2 aliphatic heterocycles. The number of hydrogen-bond donors (Lipinski definition) is 1. The summed E-state index contributed by atoms with van der Waals surface area (Å²) in [4.78, 5) is 35.9. The molecule has 1 atom stereocenters. The number of anilines is 1. The summed E-state index contributed by atoms with van der Waals surface area (Å²) in [6.45, 7) is 7.64. The van der Waals surface area contributed by atoms with Gasteiger partial charge in [0, 0.05) is 32.6 Å². The van der Waals surface area contributed by atoms with E-state index < -0.39 is 5.60 Å². The molecule has 0 spiro atoms. The van der Waals surface area contributed by atoms with Crippen molar-refractivity contribution in [3.05, 3.63) is 21.7 Å². The first-order valence-electron chi connectivity index (χ1n) is 8.57. The summed E-state index contributed by atoms with van der Waals surface area (Å²) in [6.07, 6.45) is 2.23. The molecule has 1 amide bonds. The number of carbonyl (C=O) groups excluding carboxylic acids is 1. The van der Waals surface area contributed by atoms with Crippen LogP contribution in [-0.4, -0.2) is 53.2 Å². The lowest BCUT2D eigenvalue weighted by Crippen LogP contribution is -2.35. The van der Waals surface area contributed by atoms with Gasteiger partial charge in [-0.15, -0.1) is 0 Å². The van der Waals surface area contributed by atoms with Crippen LogP contribution in [0.2, 0.25) is 0 Å². The van der Waals surface area contributed by atoms with E-state index in [2.05, 4.69) is 4.98 Å². The maximum absolute atomic E-state index is 12.4. The Labute approximate surface area is 142 Å². The Morgan fingerprint density at radius 3 is 2.79 bits per heavy atom. The number of aromatic nitrogens is 2. The molecule has 0 aliphatic carbocycles. The highest BCUT2D eigenvalue weighted by atomic mass is 16.6. The molecule has 1 aromatic rings. The van der Waals surface area contributed by atoms with Gasteiger partial charge in [0.1, 0.15) is 17.2 Å². The van der Waals surface area contributed by atoms with Gasteiger partial charge in [-0.2, -0.15) is 0 Å². The minimum absolute atomic E-state index is 0.0442. The Bertz CT molecular complexity index is 692. The number of H-pyrrole nitrogens is 1. The van der Waals surface area contributed by atoms with Crippen LogP contribution in [0.5, 0.6) is 0 Å². The zero-order valence-electron chi connectivity index (χ0n) is 14.9. The van der Waals surface area contributed by atoms with Crippen LogP contribution < -0.4 is 10.5 Å². The number of amides is 1. The van der Waals surface area contributed by atoms with E-state index in [1.165, 1.54) is 0 Å². The highest BCUT2D eigenvalue weighted by Crippen LogP contribution is 2.28. The molecule has 3 heterocycles. The largest absolute Gasteiger partial charge is 0.444 e. The van der Waals surface area contributed by atoms with Crippen LogP contribution in [0.4, 0.5) is 10.6 Å². The summed E-state index contributed by atoms with van der Waals surface area (Å²) < 4.78 is 5.42. The fourth-order valence-electron chi connectivity index (χ4n) is 3.31. The normalized spacial score (nSPS) is 20.9.